The zero-order chi connectivity index (χ0) is 31.9. The van der Waals surface area contributed by atoms with Crippen LogP contribution in [0.1, 0.15) is 35.0 Å². The summed E-state index contributed by atoms with van der Waals surface area (Å²) in [5.41, 5.74) is 1.78. The molecule has 3 N–H and O–H groups in total. The highest BCUT2D eigenvalue weighted by atomic mass is 19.3. The second kappa shape index (κ2) is 14.3. The quantitative estimate of drug-likeness (QED) is 0.235. The summed E-state index contributed by atoms with van der Waals surface area (Å²) >= 11 is 0. The predicted molar refractivity (Wildman–Crippen MR) is 163 cm³/mol. The predicted octanol–water partition coefficient (Wildman–Crippen LogP) is 4.90. The number of carbonyl (C=O) groups excluding carboxylic acids is 2. The van der Waals surface area contributed by atoms with Crippen LogP contribution in [0.2, 0.25) is 0 Å². The molecule has 0 atom stereocenters. The molecule has 10 nitrogen and oxygen atoms in total. The van der Waals surface area contributed by atoms with E-state index in [2.05, 4.69) is 27.4 Å². The number of hydrogen-bond donors (Lipinski definition) is 3. The van der Waals surface area contributed by atoms with Crippen LogP contribution in [0, 0.1) is 5.82 Å². The van der Waals surface area contributed by atoms with E-state index in [0.717, 1.165) is 24.3 Å². The Hall–Kier alpha value is -4.52. The zero-order valence-corrected chi connectivity index (χ0v) is 25.0. The summed E-state index contributed by atoms with van der Waals surface area (Å²) < 4.78 is 52.7. The Labute approximate surface area is 254 Å². The Balaban J connectivity index is 1.45. The Morgan fingerprint density at radius 2 is 1.70 bits per heavy atom. The Kier molecular flexibility index (Phi) is 10.5. The van der Waals surface area contributed by atoms with E-state index in [1.807, 2.05) is 21.9 Å². The molecule has 0 unspecified atom stereocenters. The van der Waals surface area contributed by atoms with Crippen molar-refractivity contribution in [3.63, 3.8) is 0 Å². The lowest BCUT2D eigenvalue weighted by atomic mass is 10.1. The van der Waals surface area contributed by atoms with Crippen LogP contribution in [0.3, 0.4) is 0 Å². The minimum Gasteiger partial charge on any atom is -0.497 e. The molecule has 2 heterocycles. The van der Waals surface area contributed by atoms with Gasteiger partial charge in [-0.2, -0.15) is 5.10 Å². The van der Waals surface area contributed by atoms with Crippen molar-refractivity contribution in [3.8, 4) is 11.5 Å². The van der Waals surface area contributed by atoms with Gasteiger partial charge in [0.05, 0.1) is 25.5 Å². The van der Waals surface area contributed by atoms with Crippen LogP contribution in [0.5, 0.6) is 11.5 Å². The highest BCUT2D eigenvalue weighted by Gasteiger charge is 2.26. The lowest BCUT2D eigenvalue weighted by Gasteiger charge is -2.36. The number of carbonyl (C=O) groups is 2. The molecule has 1 fully saturated rings. The fourth-order valence-electron chi connectivity index (χ4n) is 4.89. The van der Waals surface area contributed by atoms with Crippen molar-refractivity contribution in [2.75, 3.05) is 62.5 Å². The summed E-state index contributed by atoms with van der Waals surface area (Å²) in [5, 5.41) is 12.1. The summed E-state index contributed by atoms with van der Waals surface area (Å²) in [6.07, 6.45) is 1.98. The fraction of sp³-hybridized carbons (Fsp3) is 0.387. The topological polar surface area (TPSA) is 112 Å². The molecule has 1 aliphatic heterocycles. The van der Waals surface area contributed by atoms with E-state index in [0.29, 0.717) is 56.2 Å². The van der Waals surface area contributed by atoms with Crippen LogP contribution in [-0.4, -0.2) is 79.8 Å². The number of aromatic amines is 1. The van der Waals surface area contributed by atoms with Gasteiger partial charge in [0, 0.05) is 62.7 Å². The monoisotopic (exact) mass is 614 g/mol. The molecule has 0 bridgehead atoms. The number of amides is 2. The van der Waals surface area contributed by atoms with Gasteiger partial charge in [-0.25, -0.2) is 13.2 Å². The molecular formula is C31H37F3N6O4. The maximum absolute atomic E-state index is 15.5. The van der Waals surface area contributed by atoms with Gasteiger partial charge in [0.25, 0.3) is 5.91 Å². The van der Waals surface area contributed by atoms with E-state index in [9.17, 15) is 18.4 Å². The van der Waals surface area contributed by atoms with Gasteiger partial charge in [0.15, 0.2) is 5.82 Å². The van der Waals surface area contributed by atoms with Gasteiger partial charge in [-0.05, 0) is 55.7 Å². The maximum atomic E-state index is 15.5. The summed E-state index contributed by atoms with van der Waals surface area (Å²) in [6.45, 7) is 6.55. The van der Waals surface area contributed by atoms with Gasteiger partial charge in [0.1, 0.15) is 17.3 Å². The lowest BCUT2D eigenvalue weighted by Crippen LogP contribution is -2.47. The summed E-state index contributed by atoms with van der Waals surface area (Å²) in [5.74, 6) is -3.46. The largest absolute Gasteiger partial charge is 0.497 e. The molecule has 2 aromatic carbocycles. The molecule has 0 radical (unpaired) electrons. The van der Waals surface area contributed by atoms with Crippen LogP contribution >= 0.6 is 0 Å². The molecule has 4 rings (SSSR count). The third-order valence-corrected chi connectivity index (χ3v) is 7.32. The molecule has 0 spiro atoms. The molecule has 44 heavy (non-hydrogen) atoms. The molecule has 1 aliphatic rings. The van der Waals surface area contributed by atoms with Gasteiger partial charge in [-0.1, -0.05) is 6.58 Å². The standard InChI is InChI=1S/C31H37F3N6O4/c1-5-28(41)35-26-18-22(40-12-10-39(11-13-40)9-8-31(2,33)34)17-25(32)29(26)30(42)36-27-16-21(37-38-27)7-6-20-14-23(43-3)19-24(15-20)44-4/h5,14-19H,1,6-13H2,2-4H3,(H,35,41)(H2,36,37,38,42). The summed E-state index contributed by atoms with van der Waals surface area (Å²) in [7, 11) is 3.16. The van der Waals surface area contributed by atoms with Gasteiger partial charge < -0.3 is 25.0 Å². The average Bonchev–Trinajstić information content (AvgIpc) is 3.45. The summed E-state index contributed by atoms with van der Waals surface area (Å²) in [4.78, 5) is 29.2. The van der Waals surface area contributed by atoms with Gasteiger partial charge in [-0.3, -0.25) is 19.6 Å². The number of aryl methyl sites for hydroxylation is 2. The third kappa shape index (κ3) is 8.75. The molecule has 0 aliphatic carbocycles. The second-order valence-corrected chi connectivity index (χ2v) is 10.6. The molecule has 1 saturated heterocycles. The van der Waals surface area contributed by atoms with Crippen molar-refractivity contribution >= 4 is 29.0 Å². The van der Waals surface area contributed by atoms with Gasteiger partial charge in [0.2, 0.25) is 11.8 Å². The van der Waals surface area contributed by atoms with Crippen molar-refractivity contribution in [3.05, 3.63) is 71.7 Å². The SMILES string of the molecule is C=CC(=O)Nc1cc(N2CCN(CCC(C)(F)F)CC2)cc(F)c1C(=O)Nc1cc(CCc2cc(OC)cc(OC)c2)[nH]n1. The van der Waals surface area contributed by atoms with Crippen LogP contribution in [0.25, 0.3) is 0 Å². The first kappa shape index (κ1) is 32.4. The molecular weight excluding hydrogens is 577 g/mol. The number of piperazine rings is 1. The number of methoxy groups -OCH3 is 2. The number of alkyl halides is 2. The Morgan fingerprint density at radius 1 is 1.02 bits per heavy atom. The minimum absolute atomic E-state index is 0.0295. The number of ether oxygens (including phenoxy) is 2. The highest BCUT2D eigenvalue weighted by molar-refractivity contribution is 6.11. The lowest BCUT2D eigenvalue weighted by molar-refractivity contribution is -0.111. The normalized spacial score (nSPS) is 13.8. The fourth-order valence-corrected chi connectivity index (χ4v) is 4.89. The van der Waals surface area contributed by atoms with E-state index in [1.165, 1.54) is 12.1 Å². The van der Waals surface area contributed by atoms with Crippen LogP contribution < -0.4 is 25.0 Å². The van der Waals surface area contributed by atoms with E-state index < -0.39 is 23.6 Å². The van der Waals surface area contributed by atoms with Crippen molar-refractivity contribution in [1.29, 1.82) is 0 Å². The van der Waals surface area contributed by atoms with Gasteiger partial charge >= 0.3 is 0 Å². The molecule has 236 valence electrons. The average molecular weight is 615 g/mol. The van der Waals surface area contributed by atoms with Crippen molar-refractivity contribution in [1.82, 2.24) is 15.1 Å². The maximum Gasteiger partial charge on any atom is 0.261 e. The number of nitrogens with one attached hydrogen (secondary N) is 3. The first-order chi connectivity index (χ1) is 21.0. The number of benzene rings is 2. The number of halogens is 3. The molecule has 3 aromatic rings. The van der Waals surface area contributed by atoms with Crippen molar-refractivity contribution in [2.24, 2.45) is 0 Å². The van der Waals surface area contributed by atoms with Gasteiger partial charge in [-0.15, -0.1) is 0 Å². The molecule has 13 heteroatoms. The first-order valence-corrected chi connectivity index (χ1v) is 14.2. The van der Waals surface area contributed by atoms with Crippen LogP contribution in [-0.2, 0) is 17.6 Å². The highest BCUT2D eigenvalue weighted by Crippen LogP contribution is 2.29. The van der Waals surface area contributed by atoms with Crippen LogP contribution in [0.15, 0.2) is 49.1 Å². The van der Waals surface area contributed by atoms with E-state index in [4.69, 9.17) is 9.47 Å². The Bertz CT molecular complexity index is 1460. The van der Waals surface area contributed by atoms with E-state index in [1.54, 1.807) is 26.4 Å². The van der Waals surface area contributed by atoms with Crippen LogP contribution in [0.4, 0.5) is 30.4 Å². The number of H-pyrrole nitrogens is 1. The zero-order valence-electron chi connectivity index (χ0n) is 25.0. The Morgan fingerprint density at radius 3 is 2.32 bits per heavy atom. The van der Waals surface area contributed by atoms with E-state index >= 15 is 4.39 Å². The number of rotatable bonds is 13. The number of hydrogen-bond acceptors (Lipinski definition) is 7. The smallest absolute Gasteiger partial charge is 0.261 e. The molecule has 2 amide bonds. The number of anilines is 3. The second-order valence-electron chi connectivity index (χ2n) is 10.6. The molecule has 0 saturated carbocycles. The van der Waals surface area contributed by atoms with Crippen molar-refractivity contribution < 1.29 is 32.2 Å². The summed E-state index contributed by atoms with van der Waals surface area (Å²) in [6, 6.07) is 9.99. The molecule has 1 aromatic heterocycles. The van der Waals surface area contributed by atoms with E-state index in [-0.39, 0.29) is 30.0 Å². The number of aromatic nitrogens is 2. The third-order valence-electron chi connectivity index (χ3n) is 7.32. The van der Waals surface area contributed by atoms with Crippen molar-refractivity contribution in [2.45, 2.75) is 32.1 Å². The first-order valence-electron chi connectivity index (χ1n) is 14.2. The minimum atomic E-state index is -2.74. The number of nitrogens with zero attached hydrogens (tertiary/aromatic N) is 3.